The van der Waals surface area contributed by atoms with E-state index in [9.17, 15) is 0 Å². The van der Waals surface area contributed by atoms with E-state index in [0.29, 0.717) is 5.41 Å². The van der Waals surface area contributed by atoms with Crippen molar-refractivity contribution < 1.29 is 16.5 Å². The Morgan fingerprint density at radius 1 is 0.562 bits per heavy atom. The van der Waals surface area contributed by atoms with Gasteiger partial charge in [-0.25, -0.2) is 9.97 Å². The average Bonchev–Trinajstić information content (AvgIpc) is 3.95. The normalized spacial score (nSPS) is 17.0. The maximum Gasteiger partial charge on any atom is 2.00 e. The van der Waals surface area contributed by atoms with E-state index < -0.39 is 0 Å². The fraction of sp³-hybridized carbons (Fsp3) is 0.179. The molecule has 4 nitrogen and oxygen atoms in total. The van der Waals surface area contributed by atoms with Crippen LogP contribution in [0.2, 0.25) is 0 Å². The van der Waals surface area contributed by atoms with E-state index in [-0.39, 0.29) is 21.1 Å². The third-order valence-electron chi connectivity index (χ3n) is 8.90. The van der Waals surface area contributed by atoms with Crippen LogP contribution in [0.4, 0.5) is 0 Å². The maximum atomic E-state index is 5.40. The van der Waals surface area contributed by atoms with Crippen molar-refractivity contribution in [1.29, 1.82) is 0 Å². The molecule has 1 spiro atoms. The molecule has 8 bridgehead atoms. The van der Waals surface area contributed by atoms with Crippen molar-refractivity contribution in [3.8, 4) is 22.3 Å². The number of hydrogen-bond acceptors (Lipinski definition) is 6. The molecule has 9 rings (SSSR count). The summed E-state index contributed by atoms with van der Waals surface area (Å²) < 4.78 is 0.240. The number of hydrogen-bond donors (Lipinski definition) is 0. The number of fused-ring (bicyclic) bond motifs is 8. The van der Waals surface area contributed by atoms with Crippen LogP contribution in [0, 0.1) is 5.41 Å². The van der Waals surface area contributed by atoms with Crippen molar-refractivity contribution in [1.82, 2.24) is 19.9 Å². The van der Waals surface area contributed by atoms with Crippen molar-refractivity contribution in [3.63, 3.8) is 0 Å². The molecule has 5 aromatic rings. The monoisotopic (exact) mass is 740 g/mol. The Labute approximate surface area is 307 Å². The molecule has 0 N–H and O–H groups in total. The largest absolute Gasteiger partial charge is 2.00 e. The SMILES string of the molecule is C1=Cc2nc1cc1nc(c(-c3ccccc3)c3ccc([n-]3)c(C3SCC4(CSCSC4)CS3)c3ccc([n-]3)c2-c2ccccc2)C=C1.[Ni+2]. The summed E-state index contributed by atoms with van der Waals surface area (Å²) in [6.45, 7) is 0. The Bertz CT molecular complexity index is 2060. The van der Waals surface area contributed by atoms with E-state index in [0.717, 1.165) is 78.6 Å². The van der Waals surface area contributed by atoms with Crippen LogP contribution in [0.15, 0.2) is 91.0 Å². The number of thioether (sulfide) groups is 4. The summed E-state index contributed by atoms with van der Waals surface area (Å²) >= 11 is 8.35. The smallest absolute Gasteiger partial charge is 0.657 e. The third-order valence-corrected chi connectivity index (χ3v) is 15.3. The molecule has 0 aliphatic carbocycles. The second-order valence-electron chi connectivity index (χ2n) is 12.3. The van der Waals surface area contributed by atoms with Gasteiger partial charge in [-0.3, -0.25) is 0 Å². The number of benzene rings is 2. The van der Waals surface area contributed by atoms with Crippen LogP contribution in [-0.4, -0.2) is 38.1 Å². The van der Waals surface area contributed by atoms with Gasteiger partial charge in [0, 0.05) is 33.5 Å². The van der Waals surface area contributed by atoms with Crippen molar-refractivity contribution in [3.05, 3.63) is 119 Å². The Morgan fingerprint density at radius 2 is 1.04 bits per heavy atom. The average molecular weight is 742 g/mol. The van der Waals surface area contributed by atoms with Crippen LogP contribution in [0.5, 0.6) is 0 Å². The Balaban J connectivity index is 0.00000336. The fourth-order valence-corrected chi connectivity index (χ4v) is 13.3. The molecule has 0 atom stereocenters. The molecule has 240 valence electrons. The van der Waals surface area contributed by atoms with Gasteiger partial charge in [0.15, 0.2) is 0 Å². The van der Waals surface area contributed by atoms with Crippen LogP contribution in [0.1, 0.15) is 32.9 Å². The Kier molecular flexibility index (Phi) is 9.17. The van der Waals surface area contributed by atoms with Crippen molar-refractivity contribution in [2.75, 3.05) is 28.1 Å². The molecule has 2 fully saturated rings. The summed E-state index contributed by atoms with van der Waals surface area (Å²) in [7, 11) is 0. The van der Waals surface area contributed by atoms with Crippen LogP contribution >= 0.6 is 47.0 Å². The second-order valence-corrected chi connectivity index (χ2v) is 17.1. The molecule has 4 aliphatic rings. The van der Waals surface area contributed by atoms with Gasteiger partial charge >= 0.3 is 16.5 Å². The molecule has 2 saturated heterocycles. The molecule has 3 aromatic heterocycles. The van der Waals surface area contributed by atoms with Gasteiger partial charge in [-0.2, -0.15) is 23.5 Å². The van der Waals surface area contributed by atoms with Crippen LogP contribution in [0.3, 0.4) is 0 Å². The zero-order valence-corrected chi connectivity index (χ0v) is 30.1. The van der Waals surface area contributed by atoms with Gasteiger partial charge in [0.2, 0.25) is 0 Å². The Morgan fingerprint density at radius 3 is 1.54 bits per heavy atom. The molecule has 9 heteroatoms. The summed E-state index contributed by atoms with van der Waals surface area (Å²) in [5.41, 5.74) is 13.3. The first-order valence-corrected chi connectivity index (χ1v) is 20.1. The van der Waals surface area contributed by atoms with Gasteiger partial charge in [0.1, 0.15) is 0 Å². The number of aromatic nitrogens is 4. The molecule has 0 radical (unpaired) electrons. The summed E-state index contributed by atoms with van der Waals surface area (Å²) in [5, 5.41) is 1.22. The van der Waals surface area contributed by atoms with Gasteiger partial charge in [0.05, 0.1) is 27.4 Å². The molecule has 4 aliphatic heterocycles. The van der Waals surface area contributed by atoms with E-state index >= 15 is 0 Å². The Hall–Kier alpha value is -3.07. The standard InChI is InChI=1S/C39H30N4S4.Ni/c1-3-7-25(8-4-1)35-29-13-11-27(40-29)19-28-12-14-30(41-28)36(26-9-5-2-6-10-26)32-16-18-34(43-32)37(33-17-15-31(35)42-33)38-46-22-39(23-47-38)20-44-24-45-21-39;/h1-19,38H,20-24H2;/q-2;+2. The van der Waals surface area contributed by atoms with Gasteiger partial charge in [-0.1, -0.05) is 90.5 Å². The first-order chi connectivity index (χ1) is 23.2. The predicted molar refractivity (Wildman–Crippen MR) is 208 cm³/mol. The van der Waals surface area contributed by atoms with Gasteiger partial charge in [-0.15, -0.1) is 45.6 Å². The summed E-state index contributed by atoms with van der Waals surface area (Å²) in [4.78, 5) is 21.0. The molecular formula is C39H30N4NiS4. The molecular weight excluding hydrogens is 711 g/mol. The van der Waals surface area contributed by atoms with E-state index in [1.165, 1.54) is 22.2 Å². The molecule has 0 amide bonds. The molecule has 7 heterocycles. The minimum atomic E-state index is 0. The van der Waals surface area contributed by atoms with Crippen molar-refractivity contribution >= 4 is 93.4 Å². The van der Waals surface area contributed by atoms with E-state index in [1.54, 1.807) is 0 Å². The van der Waals surface area contributed by atoms with Gasteiger partial charge in [-0.05, 0) is 52.6 Å². The fourth-order valence-electron chi connectivity index (χ4n) is 6.63. The van der Waals surface area contributed by atoms with Crippen molar-refractivity contribution in [2.24, 2.45) is 5.41 Å². The van der Waals surface area contributed by atoms with Crippen LogP contribution in [-0.2, 0) is 16.5 Å². The van der Waals surface area contributed by atoms with Crippen molar-refractivity contribution in [2.45, 2.75) is 4.58 Å². The topological polar surface area (TPSA) is 54.0 Å². The molecule has 0 unspecified atom stereocenters. The van der Waals surface area contributed by atoms with Gasteiger partial charge < -0.3 is 9.97 Å². The predicted octanol–water partition coefficient (Wildman–Crippen LogP) is 10.1. The molecule has 2 aromatic carbocycles. The number of rotatable bonds is 3. The molecule has 0 saturated carbocycles. The zero-order valence-electron chi connectivity index (χ0n) is 25.8. The molecule has 48 heavy (non-hydrogen) atoms. The summed E-state index contributed by atoms with van der Waals surface area (Å²) in [6, 6.07) is 31.8. The first kappa shape index (κ1) is 32.2. The second kappa shape index (κ2) is 13.7. The summed E-state index contributed by atoms with van der Waals surface area (Å²) in [6.07, 6.45) is 8.36. The summed E-state index contributed by atoms with van der Waals surface area (Å²) in [5.74, 6) is 4.83. The first-order valence-electron chi connectivity index (χ1n) is 15.7. The number of nitrogens with zero attached hydrogens (tertiary/aromatic N) is 4. The van der Waals surface area contributed by atoms with E-state index in [2.05, 4.69) is 162 Å². The van der Waals surface area contributed by atoms with Crippen LogP contribution in [0.25, 0.3) is 68.6 Å². The quantitative estimate of drug-likeness (QED) is 0.166. The maximum absolute atomic E-state index is 5.40. The zero-order chi connectivity index (χ0) is 31.2. The third kappa shape index (κ3) is 6.13. The van der Waals surface area contributed by atoms with Crippen LogP contribution < -0.4 is 9.97 Å². The van der Waals surface area contributed by atoms with Gasteiger partial charge in [0.25, 0.3) is 0 Å². The minimum Gasteiger partial charge on any atom is -0.657 e. The van der Waals surface area contributed by atoms with E-state index in [4.69, 9.17) is 19.9 Å². The minimum absolute atomic E-state index is 0. The van der Waals surface area contributed by atoms with E-state index in [1.807, 2.05) is 0 Å².